The maximum atomic E-state index is 12.8. The first-order chi connectivity index (χ1) is 15.9. The van der Waals surface area contributed by atoms with Gasteiger partial charge in [0, 0.05) is 35.8 Å². The molecule has 2 aromatic carbocycles. The fourth-order valence-corrected chi connectivity index (χ4v) is 3.87. The fourth-order valence-electron chi connectivity index (χ4n) is 3.87. The number of nitrogens with zero attached hydrogens (tertiary/aromatic N) is 3. The first kappa shape index (κ1) is 22.1. The van der Waals surface area contributed by atoms with Gasteiger partial charge in [0.1, 0.15) is 5.78 Å². The van der Waals surface area contributed by atoms with Gasteiger partial charge in [-0.15, -0.1) is 0 Å². The number of amides is 2. The molecule has 1 aromatic heterocycles. The molecule has 1 saturated heterocycles. The molecule has 0 radical (unpaired) electrons. The zero-order valence-corrected chi connectivity index (χ0v) is 18.3. The van der Waals surface area contributed by atoms with Crippen molar-refractivity contribution >= 4 is 29.1 Å². The molecule has 0 spiro atoms. The summed E-state index contributed by atoms with van der Waals surface area (Å²) in [5, 5.41) is 2.76. The Kier molecular flexibility index (Phi) is 6.44. The van der Waals surface area contributed by atoms with E-state index in [1.54, 1.807) is 48.2 Å². The van der Waals surface area contributed by atoms with Crippen LogP contribution in [0.4, 0.5) is 11.5 Å². The Bertz CT molecular complexity index is 1170. The van der Waals surface area contributed by atoms with Crippen molar-refractivity contribution in [2.45, 2.75) is 19.8 Å². The standard InChI is InChI=1S/C25H25N5O3/c1-16(31)17-11-13-30(14-12-17)25(33)19-9-7-18(8-10-19)21-15-27-23(26)22(29-21)24(32)28-20-5-3-2-4-6-20/h2-10,15,17H,11-14H2,1H3,(H2,26,27)(H,28,32). The van der Waals surface area contributed by atoms with Gasteiger partial charge in [-0.05, 0) is 44.0 Å². The number of carbonyl (C=O) groups excluding carboxylic acids is 3. The van der Waals surface area contributed by atoms with Crippen LogP contribution in [0.3, 0.4) is 0 Å². The quantitative estimate of drug-likeness (QED) is 0.624. The van der Waals surface area contributed by atoms with Crippen molar-refractivity contribution in [2.24, 2.45) is 5.92 Å². The van der Waals surface area contributed by atoms with E-state index in [0.29, 0.717) is 48.4 Å². The minimum Gasteiger partial charge on any atom is -0.382 e. The fraction of sp³-hybridized carbons (Fsp3) is 0.240. The van der Waals surface area contributed by atoms with Gasteiger partial charge in [0.25, 0.3) is 11.8 Å². The highest BCUT2D eigenvalue weighted by Crippen LogP contribution is 2.23. The molecule has 0 bridgehead atoms. The SMILES string of the molecule is CC(=O)C1CCN(C(=O)c2ccc(-c3cnc(N)c(C(=O)Nc4ccccc4)n3)cc2)CC1. The summed E-state index contributed by atoms with van der Waals surface area (Å²) in [7, 11) is 0. The van der Waals surface area contributed by atoms with E-state index in [4.69, 9.17) is 5.73 Å². The minimum atomic E-state index is -0.450. The summed E-state index contributed by atoms with van der Waals surface area (Å²) < 4.78 is 0. The molecule has 0 saturated carbocycles. The Morgan fingerprint density at radius 1 is 1.00 bits per heavy atom. The van der Waals surface area contributed by atoms with E-state index in [2.05, 4.69) is 15.3 Å². The van der Waals surface area contributed by atoms with Gasteiger partial charge in [0.05, 0.1) is 11.9 Å². The van der Waals surface area contributed by atoms with Crippen molar-refractivity contribution in [3.63, 3.8) is 0 Å². The molecule has 0 aliphatic carbocycles. The minimum absolute atomic E-state index is 0.0323. The van der Waals surface area contributed by atoms with E-state index in [-0.39, 0.29) is 29.1 Å². The molecular weight excluding hydrogens is 418 g/mol. The van der Waals surface area contributed by atoms with Crippen molar-refractivity contribution in [1.82, 2.24) is 14.9 Å². The average molecular weight is 444 g/mol. The smallest absolute Gasteiger partial charge is 0.278 e. The lowest BCUT2D eigenvalue weighted by molar-refractivity contribution is -0.121. The number of nitrogen functional groups attached to an aromatic ring is 1. The molecule has 8 heteroatoms. The maximum absolute atomic E-state index is 12.8. The summed E-state index contributed by atoms with van der Waals surface area (Å²) in [4.78, 5) is 47.3. The Morgan fingerprint density at radius 3 is 2.30 bits per heavy atom. The van der Waals surface area contributed by atoms with Crippen LogP contribution < -0.4 is 11.1 Å². The number of carbonyl (C=O) groups is 3. The monoisotopic (exact) mass is 443 g/mol. The zero-order valence-electron chi connectivity index (χ0n) is 18.3. The second kappa shape index (κ2) is 9.60. The number of benzene rings is 2. The van der Waals surface area contributed by atoms with Crippen LogP contribution in [-0.2, 0) is 4.79 Å². The predicted molar refractivity (Wildman–Crippen MR) is 126 cm³/mol. The molecule has 168 valence electrons. The summed E-state index contributed by atoms with van der Waals surface area (Å²) in [6, 6.07) is 16.0. The molecule has 1 aliphatic heterocycles. The summed E-state index contributed by atoms with van der Waals surface area (Å²) in [6.45, 7) is 2.76. The summed E-state index contributed by atoms with van der Waals surface area (Å²) >= 11 is 0. The van der Waals surface area contributed by atoms with Crippen molar-refractivity contribution in [3.05, 3.63) is 72.1 Å². The zero-order chi connectivity index (χ0) is 23.4. The molecule has 3 N–H and O–H groups in total. The summed E-state index contributed by atoms with van der Waals surface area (Å²) in [5.41, 5.74) is 8.30. The van der Waals surface area contributed by atoms with Crippen LogP contribution in [0.25, 0.3) is 11.3 Å². The van der Waals surface area contributed by atoms with E-state index in [1.807, 2.05) is 18.2 Å². The number of Topliss-reactive ketones (excluding diaryl/α,β-unsaturated/α-hetero) is 1. The molecule has 2 amide bonds. The van der Waals surface area contributed by atoms with Crippen LogP contribution in [0.5, 0.6) is 0 Å². The number of rotatable bonds is 5. The number of hydrogen-bond acceptors (Lipinski definition) is 6. The second-order valence-corrected chi connectivity index (χ2v) is 8.06. The topological polar surface area (TPSA) is 118 Å². The molecule has 0 atom stereocenters. The predicted octanol–water partition coefficient (Wildman–Crippen LogP) is 3.42. The van der Waals surface area contributed by atoms with Crippen molar-refractivity contribution in [1.29, 1.82) is 0 Å². The van der Waals surface area contributed by atoms with Crippen LogP contribution in [0.15, 0.2) is 60.8 Å². The molecule has 3 aromatic rings. The number of aromatic nitrogens is 2. The van der Waals surface area contributed by atoms with E-state index in [0.717, 1.165) is 0 Å². The highest BCUT2D eigenvalue weighted by molar-refractivity contribution is 6.06. The van der Waals surface area contributed by atoms with Crippen LogP contribution in [-0.4, -0.2) is 45.6 Å². The number of piperidine rings is 1. The largest absolute Gasteiger partial charge is 0.382 e. The van der Waals surface area contributed by atoms with Crippen molar-refractivity contribution in [2.75, 3.05) is 24.1 Å². The molecule has 33 heavy (non-hydrogen) atoms. The summed E-state index contributed by atoms with van der Waals surface area (Å²) in [5.74, 6) is -0.238. The normalized spacial score (nSPS) is 14.0. The average Bonchev–Trinajstić information content (AvgIpc) is 2.84. The highest BCUT2D eigenvalue weighted by Gasteiger charge is 2.26. The molecule has 8 nitrogen and oxygen atoms in total. The number of anilines is 2. The van der Waals surface area contributed by atoms with E-state index in [1.165, 1.54) is 6.20 Å². The lowest BCUT2D eigenvalue weighted by Gasteiger charge is -2.31. The third kappa shape index (κ3) is 5.06. The molecule has 2 heterocycles. The van der Waals surface area contributed by atoms with E-state index < -0.39 is 5.91 Å². The maximum Gasteiger partial charge on any atom is 0.278 e. The first-order valence-corrected chi connectivity index (χ1v) is 10.8. The Hall–Kier alpha value is -4.07. The number of para-hydroxylation sites is 1. The Labute approximate surface area is 191 Å². The molecule has 0 unspecified atom stereocenters. The number of nitrogens with two attached hydrogens (primary N) is 1. The third-order valence-corrected chi connectivity index (χ3v) is 5.83. The third-order valence-electron chi connectivity index (χ3n) is 5.83. The molecular formula is C25H25N5O3. The second-order valence-electron chi connectivity index (χ2n) is 8.06. The van der Waals surface area contributed by atoms with Gasteiger partial charge in [0.15, 0.2) is 11.5 Å². The van der Waals surface area contributed by atoms with Crippen LogP contribution >= 0.6 is 0 Å². The lowest BCUT2D eigenvalue weighted by Crippen LogP contribution is -2.39. The first-order valence-electron chi connectivity index (χ1n) is 10.8. The lowest BCUT2D eigenvalue weighted by atomic mass is 9.93. The number of ketones is 1. The Balaban J connectivity index is 1.47. The molecule has 1 fully saturated rings. The van der Waals surface area contributed by atoms with Gasteiger partial charge in [-0.3, -0.25) is 14.4 Å². The van der Waals surface area contributed by atoms with E-state index >= 15 is 0 Å². The van der Waals surface area contributed by atoms with Crippen LogP contribution in [0.1, 0.15) is 40.6 Å². The van der Waals surface area contributed by atoms with Gasteiger partial charge in [-0.25, -0.2) is 9.97 Å². The van der Waals surface area contributed by atoms with Gasteiger partial charge in [-0.1, -0.05) is 30.3 Å². The van der Waals surface area contributed by atoms with Gasteiger partial charge in [-0.2, -0.15) is 0 Å². The molecule has 1 aliphatic rings. The van der Waals surface area contributed by atoms with Gasteiger partial charge >= 0.3 is 0 Å². The number of likely N-dealkylation sites (tertiary alicyclic amines) is 1. The van der Waals surface area contributed by atoms with Crippen LogP contribution in [0, 0.1) is 5.92 Å². The van der Waals surface area contributed by atoms with Gasteiger partial charge in [0.2, 0.25) is 0 Å². The molecule has 4 rings (SSSR count). The highest BCUT2D eigenvalue weighted by atomic mass is 16.2. The van der Waals surface area contributed by atoms with Gasteiger partial charge < -0.3 is 16.0 Å². The summed E-state index contributed by atoms with van der Waals surface area (Å²) in [6.07, 6.45) is 2.90. The number of nitrogens with one attached hydrogen (secondary N) is 1. The van der Waals surface area contributed by atoms with Crippen molar-refractivity contribution in [3.8, 4) is 11.3 Å². The Morgan fingerprint density at radius 2 is 1.67 bits per heavy atom. The van der Waals surface area contributed by atoms with Crippen LogP contribution in [0.2, 0.25) is 0 Å². The van der Waals surface area contributed by atoms with E-state index in [9.17, 15) is 14.4 Å². The van der Waals surface area contributed by atoms with Crippen molar-refractivity contribution < 1.29 is 14.4 Å². The number of hydrogen-bond donors (Lipinski definition) is 2.